The minimum Gasteiger partial charge on any atom is -0.330 e. The maximum Gasteiger partial charge on any atom is 0.000516 e. The molecular formula is C14H30N2. The first-order chi connectivity index (χ1) is 7.70. The van der Waals surface area contributed by atoms with Crippen molar-refractivity contribution in [2.24, 2.45) is 17.1 Å². The average molecular weight is 226 g/mol. The minimum absolute atomic E-state index is 0.626. The van der Waals surface area contributed by atoms with Gasteiger partial charge in [-0.25, -0.2) is 0 Å². The van der Waals surface area contributed by atoms with Gasteiger partial charge in [-0.05, 0) is 56.5 Å². The Bertz CT molecular complexity index is 176. The molecule has 1 fully saturated rings. The summed E-state index contributed by atoms with van der Waals surface area (Å²) in [5.74, 6) is 0.853. The Labute approximate surface area is 101 Å². The van der Waals surface area contributed by atoms with Crippen LogP contribution in [0.1, 0.15) is 58.8 Å². The summed E-state index contributed by atoms with van der Waals surface area (Å²) in [7, 11) is 0. The predicted molar refractivity (Wildman–Crippen MR) is 71.5 cm³/mol. The quantitative estimate of drug-likeness (QED) is 0.593. The van der Waals surface area contributed by atoms with Crippen LogP contribution in [0.5, 0.6) is 0 Å². The SMILES string of the molecule is CCC(CCN)CCCNCC1(C)CCC1. The lowest BCUT2D eigenvalue weighted by atomic mass is 9.70. The molecule has 1 saturated carbocycles. The van der Waals surface area contributed by atoms with Crippen molar-refractivity contribution >= 4 is 0 Å². The van der Waals surface area contributed by atoms with Crippen LogP contribution < -0.4 is 11.1 Å². The summed E-state index contributed by atoms with van der Waals surface area (Å²) in [6.07, 6.45) is 9.43. The molecule has 0 spiro atoms. The van der Waals surface area contributed by atoms with E-state index in [-0.39, 0.29) is 0 Å². The molecule has 0 bridgehead atoms. The number of hydrogen-bond donors (Lipinski definition) is 2. The lowest BCUT2D eigenvalue weighted by Crippen LogP contribution is -2.37. The Morgan fingerprint density at radius 2 is 2.06 bits per heavy atom. The van der Waals surface area contributed by atoms with Crippen molar-refractivity contribution in [3.63, 3.8) is 0 Å². The molecule has 1 rings (SSSR count). The lowest BCUT2D eigenvalue weighted by molar-refractivity contribution is 0.156. The molecular weight excluding hydrogens is 196 g/mol. The first kappa shape index (κ1) is 14.0. The van der Waals surface area contributed by atoms with Crippen LogP contribution in [0.15, 0.2) is 0 Å². The van der Waals surface area contributed by atoms with Gasteiger partial charge < -0.3 is 11.1 Å². The summed E-state index contributed by atoms with van der Waals surface area (Å²) in [5, 5.41) is 3.62. The zero-order chi connectivity index (χ0) is 11.9. The van der Waals surface area contributed by atoms with Crippen molar-refractivity contribution < 1.29 is 0 Å². The van der Waals surface area contributed by atoms with Crippen molar-refractivity contribution in [2.45, 2.75) is 58.8 Å². The van der Waals surface area contributed by atoms with E-state index < -0.39 is 0 Å². The first-order valence-electron chi connectivity index (χ1n) is 7.11. The molecule has 1 aliphatic rings. The van der Waals surface area contributed by atoms with Gasteiger partial charge in [-0.3, -0.25) is 0 Å². The van der Waals surface area contributed by atoms with Crippen LogP contribution in [0, 0.1) is 11.3 Å². The molecule has 1 atom stereocenters. The molecule has 1 unspecified atom stereocenters. The van der Waals surface area contributed by atoms with Gasteiger partial charge in [-0.1, -0.05) is 26.7 Å². The molecule has 0 radical (unpaired) electrons. The topological polar surface area (TPSA) is 38.0 Å². The molecule has 96 valence electrons. The third-order valence-electron chi connectivity index (χ3n) is 4.23. The van der Waals surface area contributed by atoms with E-state index in [2.05, 4.69) is 19.2 Å². The smallest absolute Gasteiger partial charge is 0.000516 e. The van der Waals surface area contributed by atoms with Gasteiger partial charge in [0.2, 0.25) is 0 Å². The monoisotopic (exact) mass is 226 g/mol. The highest BCUT2D eigenvalue weighted by atomic mass is 14.9. The van der Waals surface area contributed by atoms with Crippen LogP contribution in [0.4, 0.5) is 0 Å². The number of nitrogens with one attached hydrogen (secondary N) is 1. The first-order valence-corrected chi connectivity index (χ1v) is 7.11. The lowest BCUT2D eigenvalue weighted by Gasteiger charge is -2.38. The zero-order valence-corrected chi connectivity index (χ0v) is 11.2. The maximum atomic E-state index is 5.60. The molecule has 16 heavy (non-hydrogen) atoms. The van der Waals surface area contributed by atoms with Crippen LogP contribution in [0.25, 0.3) is 0 Å². The van der Waals surface area contributed by atoms with Crippen molar-refractivity contribution in [1.29, 1.82) is 0 Å². The van der Waals surface area contributed by atoms with Gasteiger partial charge in [0, 0.05) is 6.54 Å². The third kappa shape index (κ3) is 4.84. The molecule has 2 heteroatoms. The zero-order valence-electron chi connectivity index (χ0n) is 11.2. The summed E-state index contributed by atoms with van der Waals surface area (Å²) in [6, 6.07) is 0. The van der Waals surface area contributed by atoms with Gasteiger partial charge in [0.25, 0.3) is 0 Å². The second kappa shape index (κ2) is 7.29. The Morgan fingerprint density at radius 1 is 1.31 bits per heavy atom. The standard InChI is InChI=1S/C14H30N2/c1-3-13(7-10-15)6-4-11-16-12-14(2)8-5-9-14/h13,16H,3-12,15H2,1-2H3. The average Bonchev–Trinajstić information content (AvgIpc) is 2.24. The molecule has 0 saturated heterocycles. The summed E-state index contributed by atoms with van der Waals surface area (Å²) in [5.41, 5.74) is 6.23. The van der Waals surface area contributed by atoms with Crippen LogP contribution >= 0.6 is 0 Å². The normalized spacial score (nSPS) is 20.4. The Kier molecular flexibility index (Phi) is 6.37. The fraction of sp³-hybridized carbons (Fsp3) is 1.00. The molecule has 0 aromatic carbocycles. The molecule has 0 aromatic rings. The largest absolute Gasteiger partial charge is 0.330 e. The van der Waals surface area contributed by atoms with Crippen LogP contribution in [-0.4, -0.2) is 19.6 Å². The number of rotatable bonds is 9. The van der Waals surface area contributed by atoms with E-state index in [0.29, 0.717) is 5.41 Å². The van der Waals surface area contributed by atoms with Crippen LogP contribution in [0.3, 0.4) is 0 Å². The van der Waals surface area contributed by atoms with E-state index in [1.807, 2.05) is 0 Å². The maximum absolute atomic E-state index is 5.60. The molecule has 1 aliphatic carbocycles. The molecule has 0 amide bonds. The fourth-order valence-electron chi connectivity index (χ4n) is 2.65. The van der Waals surface area contributed by atoms with Crippen molar-refractivity contribution in [1.82, 2.24) is 5.32 Å². The van der Waals surface area contributed by atoms with Gasteiger partial charge in [0.15, 0.2) is 0 Å². The summed E-state index contributed by atoms with van der Waals surface area (Å²) >= 11 is 0. The van der Waals surface area contributed by atoms with Crippen LogP contribution in [0.2, 0.25) is 0 Å². The summed E-state index contributed by atoms with van der Waals surface area (Å²) < 4.78 is 0. The van der Waals surface area contributed by atoms with Crippen LogP contribution in [-0.2, 0) is 0 Å². The Hall–Kier alpha value is -0.0800. The molecule has 3 N–H and O–H groups in total. The van der Waals surface area contributed by atoms with E-state index in [1.54, 1.807) is 0 Å². The molecule has 0 heterocycles. The van der Waals surface area contributed by atoms with E-state index in [4.69, 9.17) is 5.73 Å². The highest BCUT2D eigenvalue weighted by molar-refractivity contribution is 4.85. The van der Waals surface area contributed by atoms with E-state index >= 15 is 0 Å². The van der Waals surface area contributed by atoms with E-state index in [0.717, 1.165) is 12.5 Å². The van der Waals surface area contributed by atoms with E-state index in [9.17, 15) is 0 Å². The van der Waals surface area contributed by atoms with E-state index in [1.165, 1.54) is 58.0 Å². The van der Waals surface area contributed by atoms with Gasteiger partial charge in [-0.2, -0.15) is 0 Å². The number of hydrogen-bond acceptors (Lipinski definition) is 2. The summed E-state index contributed by atoms with van der Waals surface area (Å²) in [6.45, 7) is 7.96. The molecule has 0 aromatic heterocycles. The van der Waals surface area contributed by atoms with Crippen molar-refractivity contribution in [3.05, 3.63) is 0 Å². The predicted octanol–water partition coefficient (Wildman–Crippen LogP) is 2.92. The van der Waals surface area contributed by atoms with Gasteiger partial charge >= 0.3 is 0 Å². The third-order valence-corrected chi connectivity index (χ3v) is 4.23. The summed E-state index contributed by atoms with van der Waals surface area (Å²) in [4.78, 5) is 0. The van der Waals surface area contributed by atoms with Gasteiger partial charge in [0.1, 0.15) is 0 Å². The van der Waals surface area contributed by atoms with Gasteiger partial charge in [-0.15, -0.1) is 0 Å². The van der Waals surface area contributed by atoms with Gasteiger partial charge in [0.05, 0.1) is 0 Å². The van der Waals surface area contributed by atoms with Crippen molar-refractivity contribution in [2.75, 3.05) is 19.6 Å². The Balaban J connectivity index is 1.94. The Morgan fingerprint density at radius 3 is 2.56 bits per heavy atom. The highest BCUT2D eigenvalue weighted by Gasteiger charge is 2.30. The fourth-order valence-corrected chi connectivity index (χ4v) is 2.65. The second-order valence-electron chi connectivity index (χ2n) is 5.83. The second-order valence-corrected chi connectivity index (χ2v) is 5.83. The molecule has 2 nitrogen and oxygen atoms in total. The minimum atomic E-state index is 0.626. The highest BCUT2D eigenvalue weighted by Crippen LogP contribution is 2.39. The molecule has 0 aliphatic heterocycles. The van der Waals surface area contributed by atoms with Crippen molar-refractivity contribution in [3.8, 4) is 0 Å². The number of nitrogens with two attached hydrogens (primary N) is 1.